The highest BCUT2D eigenvalue weighted by Gasteiger charge is 2.00. The quantitative estimate of drug-likeness (QED) is 0.708. The van der Waals surface area contributed by atoms with Crippen molar-refractivity contribution in [2.45, 2.75) is 6.61 Å². The number of benzene rings is 2. The summed E-state index contributed by atoms with van der Waals surface area (Å²) in [6, 6.07) is 20.2. The molecule has 0 saturated carbocycles. The van der Waals surface area contributed by atoms with Gasteiger partial charge in [-0.1, -0.05) is 35.9 Å². The molecular weight excluding hydrogens is 258 g/mol. The molecule has 93 valence electrons. The fourth-order valence-corrected chi connectivity index (χ4v) is 2.00. The average molecular weight is 269 g/mol. The largest absolute Gasteiger partial charge is 0.487 e. The van der Waals surface area contributed by atoms with Crippen molar-refractivity contribution < 1.29 is 4.74 Å². The Morgan fingerprint density at radius 1 is 1.11 bits per heavy atom. The van der Waals surface area contributed by atoms with Gasteiger partial charge >= 0.3 is 0 Å². The highest BCUT2D eigenvalue weighted by molar-refractivity contribution is 6.30. The van der Waals surface area contributed by atoms with E-state index in [1.165, 1.54) is 0 Å². The number of ether oxygens (including phenoxy) is 1. The topological polar surface area (TPSA) is 22.1 Å². The molecule has 3 heteroatoms. The SMILES string of the molecule is Clc1cc[c]c(OCc2ccc3ccccc3n2)c1. The van der Waals surface area contributed by atoms with Gasteiger partial charge in [-0.05, 0) is 30.3 Å². The van der Waals surface area contributed by atoms with Crippen LogP contribution in [0.15, 0.2) is 54.6 Å². The molecule has 3 aromatic rings. The van der Waals surface area contributed by atoms with Crippen LogP contribution in [-0.2, 0) is 6.61 Å². The van der Waals surface area contributed by atoms with E-state index in [-0.39, 0.29) is 0 Å². The summed E-state index contributed by atoms with van der Waals surface area (Å²) in [6.07, 6.45) is 0. The molecule has 2 aromatic carbocycles. The third-order valence-corrected chi connectivity index (χ3v) is 3.00. The van der Waals surface area contributed by atoms with Crippen LogP contribution >= 0.6 is 11.6 Å². The number of para-hydroxylation sites is 1. The summed E-state index contributed by atoms with van der Waals surface area (Å²) in [5.74, 6) is 0.627. The minimum atomic E-state index is 0.404. The average Bonchev–Trinajstić information content (AvgIpc) is 2.45. The number of fused-ring (bicyclic) bond motifs is 1. The Morgan fingerprint density at radius 2 is 2.00 bits per heavy atom. The van der Waals surface area contributed by atoms with Crippen molar-refractivity contribution in [3.8, 4) is 5.75 Å². The molecule has 19 heavy (non-hydrogen) atoms. The third-order valence-electron chi connectivity index (χ3n) is 2.77. The number of hydrogen-bond acceptors (Lipinski definition) is 2. The standard InChI is InChI=1S/C16H11ClNO/c17-13-5-3-6-15(10-13)19-11-14-9-8-12-4-1-2-7-16(12)18-14/h1-5,7-10H,11H2. The lowest BCUT2D eigenvalue weighted by Gasteiger charge is -2.06. The molecule has 0 fully saturated rings. The number of aromatic nitrogens is 1. The monoisotopic (exact) mass is 268 g/mol. The van der Waals surface area contributed by atoms with E-state index in [9.17, 15) is 0 Å². The number of nitrogens with zero attached hydrogens (tertiary/aromatic N) is 1. The Morgan fingerprint density at radius 3 is 2.89 bits per heavy atom. The van der Waals surface area contributed by atoms with Crippen molar-refractivity contribution in [1.82, 2.24) is 4.98 Å². The van der Waals surface area contributed by atoms with Crippen LogP contribution in [-0.4, -0.2) is 4.98 Å². The van der Waals surface area contributed by atoms with Crippen LogP contribution in [0.25, 0.3) is 10.9 Å². The van der Waals surface area contributed by atoms with Gasteiger partial charge in [0.15, 0.2) is 0 Å². The van der Waals surface area contributed by atoms with E-state index in [1.54, 1.807) is 18.2 Å². The molecule has 1 aromatic heterocycles. The zero-order chi connectivity index (χ0) is 13.1. The van der Waals surface area contributed by atoms with Crippen molar-refractivity contribution in [1.29, 1.82) is 0 Å². The molecule has 0 unspecified atom stereocenters. The Balaban J connectivity index is 1.78. The van der Waals surface area contributed by atoms with Crippen LogP contribution in [0.2, 0.25) is 5.02 Å². The molecule has 0 aliphatic heterocycles. The maximum Gasteiger partial charge on any atom is 0.130 e. The summed E-state index contributed by atoms with van der Waals surface area (Å²) in [6.45, 7) is 0.404. The lowest BCUT2D eigenvalue weighted by molar-refractivity contribution is 0.301. The van der Waals surface area contributed by atoms with Crippen molar-refractivity contribution in [2.24, 2.45) is 0 Å². The lowest BCUT2D eigenvalue weighted by atomic mass is 10.2. The summed E-state index contributed by atoms with van der Waals surface area (Å²) >= 11 is 5.89. The summed E-state index contributed by atoms with van der Waals surface area (Å²) in [7, 11) is 0. The van der Waals surface area contributed by atoms with Crippen LogP contribution in [0.3, 0.4) is 0 Å². The molecule has 2 nitrogen and oxygen atoms in total. The third kappa shape index (κ3) is 2.85. The smallest absolute Gasteiger partial charge is 0.130 e. The second-order valence-electron chi connectivity index (χ2n) is 4.16. The molecule has 1 radical (unpaired) electrons. The highest BCUT2D eigenvalue weighted by Crippen LogP contribution is 2.18. The first-order chi connectivity index (χ1) is 9.31. The Hall–Kier alpha value is -2.06. The van der Waals surface area contributed by atoms with Gasteiger partial charge in [0.25, 0.3) is 0 Å². The fraction of sp³-hybridized carbons (Fsp3) is 0.0625. The maximum absolute atomic E-state index is 5.89. The molecular formula is C16H11ClNO. The first-order valence-electron chi connectivity index (χ1n) is 5.96. The van der Waals surface area contributed by atoms with Crippen molar-refractivity contribution in [3.05, 3.63) is 71.4 Å². The first kappa shape index (κ1) is 12.0. The number of halogens is 1. The van der Waals surface area contributed by atoms with E-state index in [1.807, 2.05) is 36.4 Å². The van der Waals surface area contributed by atoms with Gasteiger partial charge in [0, 0.05) is 16.5 Å². The van der Waals surface area contributed by atoms with Gasteiger partial charge in [-0.15, -0.1) is 0 Å². The normalized spacial score (nSPS) is 10.6. The molecule has 0 spiro atoms. The Kier molecular flexibility index (Phi) is 3.34. The highest BCUT2D eigenvalue weighted by atomic mass is 35.5. The zero-order valence-electron chi connectivity index (χ0n) is 10.1. The van der Waals surface area contributed by atoms with Crippen molar-refractivity contribution in [3.63, 3.8) is 0 Å². The Bertz CT molecular complexity index is 712. The number of pyridine rings is 1. The summed E-state index contributed by atoms with van der Waals surface area (Å²) in [4.78, 5) is 4.54. The molecule has 1 heterocycles. The molecule has 0 amide bonds. The van der Waals surface area contributed by atoms with E-state index >= 15 is 0 Å². The molecule has 0 N–H and O–H groups in total. The summed E-state index contributed by atoms with van der Waals surface area (Å²) < 4.78 is 5.62. The van der Waals surface area contributed by atoms with Crippen LogP contribution in [0.5, 0.6) is 5.75 Å². The second-order valence-corrected chi connectivity index (χ2v) is 4.59. The number of hydrogen-bond donors (Lipinski definition) is 0. The molecule has 0 atom stereocenters. The van der Waals surface area contributed by atoms with Gasteiger partial charge in [-0.25, -0.2) is 4.98 Å². The van der Waals surface area contributed by atoms with Gasteiger partial charge in [-0.3, -0.25) is 0 Å². The van der Waals surface area contributed by atoms with Crippen molar-refractivity contribution >= 4 is 22.5 Å². The second kappa shape index (κ2) is 5.29. The predicted octanol–water partition coefficient (Wildman–Crippen LogP) is 4.27. The van der Waals surface area contributed by atoms with Gasteiger partial charge in [0.1, 0.15) is 12.4 Å². The van der Waals surface area contributed by atoms with Crippen LogP contribution in [0.1, 0.15) is 5.69 Å². The summed E-state index contributed by atoms with van der Waals surface area (Å²) in [5.41, 5.74) is 1.85. The van der Waals surface area contributed by atoms with E-state index < -0.39 is 0 Å². The van der Waals surface area contributed by atoms with E-state index in [0.717, 1.165) is 16.6 Å². The maximum atomic E-state index is 5.89. The summed E-state index contributed by atoms with van der Waals surface area (Å²) in [5, 5.41) is 1.76. The fourth-order valence-electron chi connectivity index (χ4n) is 1.84. The van der Waals surface area contributed by atoms with E-state index in [4.69, 9.17) is 16.3 Å². The van der Waals surface area contributed by atoms with E-state index in [0.29, 0.717) is 17.4 Å². The van der Waals surface area contributed by atoms with Crippen LogP contribution < -0.4 is 4.74 Å². The molecule has 3 rings (SSSR count). The Labute approximate surface area is 116 Å². The molecule has 0 bridgehead atoms. The van der Waals surface area contributed by atoms with Crippen molar-refractivity contribution in [2.75, 3.05) is 0 Å². The minimum absolute atomic E-state index is 0.404. The number of rotatable bonds is 3. The van der Waals surface area contributed by atoms with Crippen LogP contribution in [0, 0.1) is 6.07 Å². The van der Waals surface area contributed by atoms with Gasteiger partial charge in [0.05, 0.1) is 11.2 Å². The van der Waals surface area contributed by atoms with E-state index in [2.05, 4.69) is 11.1 Å². The molecule has 0 aliphatic rings. The van der Waals surface area contributed by atoms with Gasteiger partial charge in [-0.2, -0.15) is 0 Å². The first-order valence-corrected chi connectivity index (χ1v) is 6.34. The lowest BCUT2D eigenvalue weighted by Crippen LogP contribution is -1.98. The van der Waals surface area contributed by atoms with Gasteiger partial charge in [0.2, 0.25) is 0 Å². The molecule has 0 saturated heterocycles. The minimum Gasteiger partial charge on any atom is -0.487 e. The molecule has 0 aliphatic carbocycles. The van der Waals surface area contributed by atoms with Crippen LogP contribution in [0.4, 0.5) is 0 Å². The predicted molar refractivity (Wildman–Crippen MR) is 76.4 cm³/mol. The van der Waals surface area contributed by atoms with Gasteiger partial charge < -0.3 is 4.74 Å². The zero-order valence-corrected chi connectivity index (χ0v) is 10.9.